The first kappa shape index (κ1) is 15.1. The Hall–Kier alpha value is -2.28. The number of fused-ring (bicyclic) bond motifs is 1. The first-order valence-electron chi connectivity index (χ1n) is 6.41. The van der Waals surface area contributed by atoms with Crippen LogP contribution in [0.1, 0.15) is 5.56 Å². The van der Waals surface area contributed by atoms with E-state index in [1.165, 1.54) is 14.2 Å². The van der Waals surface area contributed by atoms with Crippen LogP contribution in [0.5, 0.6) is 0 Å². The summed E-state index contributed by atoms with van der Waals surface area (Å²) in [6.07, 6.45) is 3.34. The molecule has 0 spiro atoms. The van der Waals surface area contributed by atoms with Gasteiger partial charge in [-0.2, -0.15) is 0 Å². The first-order valence-corrected chi connectivity index (χ1v) is 6.41. The standard InChI is InChI=1S/C14H16BN3O3/c1-18(20-2)14(19)13(17-9-21-15)7-10-8-16-12-6-4-3-5-11(10)12/h3-6,8-9,13,16H,7H2,1-2H3/t13-/m0/s1. The molecule has 0 aliphatic carbocycles. The van der Waals surface area contributed by atoms with Crippen molar-refractivity contribution in [2.75, 3.05) is 14.2 Å². The van der Waals surface area contributed by atoms with Crippen molar-refractivity contribution in [3.8, 4) is 0 Å². The molecule has 6 nitrogen and oxygen atoms in total. The van der Waals surface area contributed by atoms with Crippen molar-refractivity contribution >= 4 is 31.3 Å². The van der Waals surface area contributed by atoms with E-state index in [9.17, 15) is 4.79 Å². The Bertz CT molecular complexity index is 641. The van der Waals surface area contributed by atoms with Crippen molar-refractivity contribution in [2.45, 2.75) is 12.5 Å². The molecule has 2 radical (unpaired) electrons. The number of benzene rings is 1. The first-order chi connectivity index (χ1) is 10.2. The van der Waals surface area contributed by atoms with E-state index in [0.717, 1.165) is 27.9 Å². The monoisotopic (exact) mass is 285 g/mol. The van der Waals surface area contributed by atoms with E-state index in [0.29, 0.717) is 6.42 Å². The maximum atomic E-state index is 12.2. The summed E-state index contributed by atoms with van der Waals surface area (Å²) in [7, 11) is 7.89. The predicted molar refractivity (Wildman–Crippen MR) is 80.9 cm³/mol. The minimum Gasteiger partial charge on any atom is -0.560 e. The summed E-state index contributed by atoms with van der Waals surface area (Å²) >= 11 is 0. The Morgan fingerprint density at radius 1 is 1.52 bits per heavy atom. The lowest BCUT2D eigenvalue weighted by Crippen LogP contribution is -2.36. The summed E-state index contributed by atoms with van der Waals surface area (Å²) < 4.78 is 4.33. The van der Waals surface area contributed by atoms with Crippen molar-refractivity contribution in [3.05, 3.63) is 36.0 Å². The van der Waals surface area contributed by atoms with Gasteiger partial charge in [-0.05, 0) is 11.6 Å². The third-order valence-electron chi connectivity index (χ3n) is 3.26. The molecule has 0 bridgehead atoms. The smallest absolute Gasteiger partial charge is 0.375 e. The van der Waals surface area contributed by atoms with Gasteiger partial charge in [0, 0.05) is 30.6 Å². The fourth-order valence-electron chi connectivity index (χ4n) is 2.12. The zero-order valence-electron chi connectivity index (χ0n) is 11.9. The number of hydrogen-bond acceptors (Lipinski definition) is 4. The number of aliphatic imine (C=N–C) groups is 1. The SMILES string of the molecule is [B]OC=N[C@@H](Cc1c[nH]c2ccccc12)C(=O)N(C)OC. The number of amides is 1. The van der Waals surface area contributed by atoms with Crippen molar-refractivity contribution in [1.82, 2.24) is 10.0 Å². The van der Waals surface area contributed by atoms with E-state index >= 15 is 0 Å². The molecule has 0 fully saturated rings. The molecule has 108 valence electrons. The third-order valence-corrected chi connectivity index (χ3v) is 3.26. The largest absolute Gasteiger partial charge is 0.560 e. The molecule has 1 aromatic carbocycles. The second kappa shape index (κ2) is 6.94. The van der Waals surface area contributed by atoms with Crippen LogP contribution in [0.3, 0.4) is 0 Å². The molecule has 1 atom stereocenters. The highest BCUT2D eigenvalue weighted by atomic mass is 16.7. The Labute approximate surface area is 124 Å². The molecular formula is C14H16BN3O3. The average Bonchev–Trinajstić information content (AvgIpc) is 2.93. The predicted octanol–water partition coefficient (Wildman–Crippen LogP) is 1.23. The minimum absolute atomic E-state index is 0.281. The van der Waals surface area contributed by atoms with E-state index in [4.69, 9.17) is 12.9 Å². The molecule has 0 unspecified atom stereocenters. The summed E-state index contributed by atoms with van der Waals surface area (Å²) in [5.74, 6) is -0.281. The van der Waals surface area contributed by atoms with E-state index in [1.807, 2.05) is 30.5 Å². The zero-order chi connectivity index (χ0) is 15.2. The van der Waals surface area contributed by atoms with Gasteiger partial charge in [0.1, 0.15) is 6.04 Å². The summed E-state index contributed by atoms with van der Waals surface area (Å²) in [5.41, 5.74) is 2.00. The molecule has 7 heteroatoms. The van der Waals surface area contributed by atoms with Crippen LogP contribution >= 0.6 is 0 Å². The van der Waals surface area contributed by atoms with E-state index < -0.39 is 6.04 Å². The lowest BCUT2D eigenvalue weighted by molar-refractivity contribution is -0.170. The molecule has 1 N–H and O–H groups in total. The minimum atomic E-state index is -0.669. The summed E-state index contributed by atoms with van der Waals surface area (Å²) in [6.45, 7) is 0. The highest BCUT2D eigenvalue weighted by molar-refractivity contribution is 6.02. The second-order valence-electron chi connectivity index (χ2n) is 4.49. The molecule has 2 aromatic rings. The number of nitrogens with one attached hydrogen (secondary N) is 1. The van der Waals surface area contributed by atoms with E-state index in [1.54, 1.807) is 0 Å². The Balaban J connectivity index is 2.26. The van der Waals surface area contributed by atoms with Gasteiger partial charge in [-0.15, -0.1) is 0 Å². The van der Waals surface area contributed by atoms with Crippen LogP contribution < -0.4 is 0 Å². The van der Waals surface area contributed by atoms with Gasteiger partial charge < -0.3 is 9.64 Å². The Kier molecular flexibility index (Phi) is 5.00. The molecule has 1 heterocycles. The van der Waals surface area contributed by atoms with Crippen LogP contribution in [-0.4, -0.2) is 50.6 Å². The lowest BCUT2D eigenvalue weighted by atomic mass is 10.0. The molecular weight excluding hydrogens is 269 g/mol. The number of aromatic amines is 1. The van der Waals surface area contributed by atoms with Gasteiger partial charge in [0.2, 0.25) is 0 Å². The van der Waals surface area contributed by atoms with Gasteiger partial charge in [-0.25, -0.2) is 10.1 Å². The van der Waals surface area contributed by atoms with Gasteiger partial charge in [0.05, 0.1) is 7.11 Å². The van der Waals surface area contributed by atoms with Crippen LogP contribution in [0.4, 0.5) is 0 Å². The Morgan fingerprint density at radius 2 is 2.29 bits per heavy atom. The van der Waals surface area contributed by atoms with Crippen molar-refractivity contribution in [2.24, 2.45) is 4.99 Å². The van der Waals surface area contributed by atoms with Gasteiger partial charge >= 0.3 is 8.05 Å². The summed E-state index contributed by atoms with van der Waals surface area (Å²) in [6, 6.07) is 7.20. The molecule has 0 saturated heterocycles. The number of nitrogens with zero attached hydrogens (tertiary/aromatic N) is 2. The fourth-order valence-corrected chi connectivity index (χ4v) is 2.12. The van der Waals surface area contributed by atoms with Crippen molar-refractivity contribution < 1.29 is 14.3 Å². The normalized spacial score (nSPS) is 12.7. The Morgan fingerprint density at radius 3 is 3.00 bits per heavy atom. The number of rotatable bonds is 6. The second-order valence-corrected chi connectivity index (χ2v) is 4.49. The number of H-pyrrole nitrogens is 1. The summed E-state index contributed by atoms with van der Waals surface area (Å²) in [4.78, 5) is 24.3. The van der Waals surface area contributed by atoms with Gasteiger partial charge in [0.15, 0.2) is 6.40 Å². The number of hydrogen-bond donors (Lipinski definition) is 1. The van der Waals surface area contributed by atoms with Crippen LogP contribution in [0.25, 0.3) is 10.9 Å². The van der Waals surface area contributed by atoms with Crippen LogP contribution in [0.2, 0.25) is 0 Å². The number of carbonyl (C=O) groups is 1. The molecule has 0 saturated carbocycles. The number of likely N-dealkylation sites (N-methyl/N-ethyl adjacent to an activating group) is 1. The molecule has 21 heavy (non-hydrogen) atoms. The van der Waals surface area contributed by atoms with Gasteiger partial charge in [-0.3, -0.25) is 9.63 Å². The maximum absolute atomic E-state index is 12.2. The molecule has 1 amide bonds. The third kappa shape index (κ3) is 3.43. The maximum Gasteiger partial charge on any atom is 0.375 e. The van der Waals surface area contributed by atoms with Crippen LogP contribution in [0.15, 0.2) is 35.5 Å². The molecule has 2 rings (SSSR count). The number of para-hydroxylation sites is 1. The molecule has 1 aromatic heterocycles. The zero-order valence-corrected chi connectivity index (χ0v) is 11.9. The van der Waals surface area contributed by atoms with E-state index in [-0.39, 0.29) is 5.91 Å². The van der Waals surface area contributed by atoms with Crippen molar-refractivity contribution in [1.29, 1.82) is 0 Å². The lowest BCUT2D eigenvalue weighted by Gasteiger charge is -2.18. The molecule has 0 aliphatic heterocycles. The number of aromatic nitrogens is 1. The van der Waals surface area contributed by atoms with Crippen LogP contribution in [-0.2, 0) is 20.7 Å². The fraction of sp³-hybridized carbons (Fsp3) is 0.286. The number of hydroxylamine groups is 2. The van der Waals surface area contributed by atoms with Gasteiger partial charge in [-0.1, -0.05) is 18.2 Å². The van der Waals surface area contributed by atoms with E-state index in [2.05, 4.69) is 14.6 Å². The van der Waals surface area contributed by atoms with Crippen molar-refractivity contribution in [3.63, 3.8) is 0 Å². The highest BCUT2D eigenvalue weighted by Crippen LogP contribution is 2.20. The van der Waals surface area contributed by atoms with Gasteiger partial charge in [0.25, 0.3) is 5.91 Å². The number of carbonyl (C=O) groups excluding carboxylic acids is 1. The summed E-state index contributed by atoms with van der Waals surface area (Å²) in [5, 5.41) is 2.19. The molecule has 0 aliphatic rings. The average molecular weight is 285 g/mol. The highest BCUT2D eigenvalue weighted by Gasteiger charge is 2.23. The van der Waals surface area contributed by atoms with Crippen LogP contribution in [0, 0.1) is 0 Å². The topological polar surface area (TPSA) is 66.9 Å². The quantitative estimate of drug-likeness (QED) is 0.375.